The number of carbonyl (C=O) groups is 1. The minimum Gasteiger partial charge on any atom is -0.366 e. The summed E-state index contributed by atoms with van der Waals surface area (Å²) in [7, 11) is 0. The molecular formula is C11H11Cl2NO2. The zero-order chi connectivity index (χ0) is 11.5. The summed E-state index contributed by atoms with van der Waals surface area (Å²) in [6, 6.07) is 5.40. The topological polar surface area (TPSA) is 38.3 Å². The van der Waals surface area contributed by atoms with Gasteiger partial charge in [-0.2, -0.15) is 0 Å². The van der Waals surface area contributed by atoms with Gasteiger partial charge < -0.3 is 10.1 Å². The zero-order valence-corrected chi connectivity index (χ0v) is 10.0. The number of ether oxygens (including phenoxy) is 1. The molecule has 1 amide bonds. The van der Waals surface area contributed by atoms with Gasteiger partial charge >= 0.3 is 0 Å². The normalized spacial score (nSPS) is 20.6. The molecule has 0 bridgehead atoms. The van der Waals surface area contributed by atoms with Crippen molar-refractivity contribution < 1.29 is 9.53 Å². The van der Waals surface area contributed by atoms with Crippen molar-refractivity contribution in [1.29, 1.82) is 0 Å². The molecule has 16 heavy (non-hydrogen) atoms. The van der Waals surface area contributed by atoms with Gasteiger partial charge in [0.15, 0.2) is 0 Å². The molecule has 1 unspecified atom stereocenters. The van der Waals surface area contributed by atoms with Crippen molar-refractivity contribution in [3.63, 3.8) is 0 Å². The maximum atomic E-state index is 10.9. The maximum absolute atomic E-state index is 10.9. The SMILES string of the molecule is O=C1COC(Cc2cc(Cl)cc(Cl)c2)CN1. The molecule has 1 aromatic carbocycles. The van der Waals surface area contributed by atoms with Crippen molar-refractivity contribution in [2.24, 2.45) is 0 Å². The summed E-state index contributed by atoms with van der Waals surface area (Å²) in [6.07, 6.45) is 0.688. The first-order valence-corrected chi connectivity index (χ1v) is 5.72. The van der Waals surface area contributed by atoms with E-state index in [9.17, 15) is 4.79 Å². The monoisotopic (exact) mass is 259 g/mol. The van der Waals surface area contributed by atoms with E-state index in [4.69, 9.17) is 27.9 Å². The largest absolute Gasteiger partial charge is 0.366 e. The second-order valence-corrected chi connectivity index (χ2v) is 4.59. The predicted molar refractivity (Wildman–Crippen MR) is 62.9 cm³/mol. The van der Waals surface area contributed by atoms with E-state index in [0.29, 0.717) is 23.0 Å². The van der Waals surface area contributed by atoms with Crippen LogP contribution in [0, 0.1) is 0 Å². The number of carbonyl (C=O) groups excluding carboxylic acids is 1. The van der Waals surface area contributed by atoms with Gasteiger partial charge in [-0.25, -0.2) is 0 Å². The lowest BCUT2D eigenvalue weighted by Gasteiger charge is -2.23. The van der Waals surface area contributed by atoms with Gasteiger partial charge in [0.1, 0.15) is 6.61 Å². The molecule has 1 aliphatic rings. The molecule has 5 heteroatoms. The van der Waals surface area contributed by atoms with E-state index in [1.54, 1.807) is 6.07 Å². The summed E-state index contributed by atoms with van der Waals surface area (Å²) in [5.41, 5.74) is 1.01. The molecule has 0 radical (unpaired) electrons. The molecule has 0 aliphatic carbocycles. The van der Waals surface area contributed by atoms with Crippen LogP contribution in [0.2, 0.25) is 10.0 Å². The van der Waals surface area contributed by atoms with Gasteiger partial charge in [0.2, 0.25) is 5.91 Å². The highest BCUT2D eigenvalue weighted by atomic mass is 35.5. The number of rotatable bonds is 2. The number of hydrogen-bond donors (Lipinski definition) is 1. The number of amides is 1. The first-order valence-electron chi connectivity index (χ1n) is 4.97. The second kappa shape index (κ2) is 5.04. The quantitative estimate of drug-likeness (QED) is 0.883. The summed E-state index contributed by atoms with van der Waals surface area (Å²) in [5.74, 6) is -0.0691. The third-order valence-electron chi connectivity index (χ3n) is 2.36. The fourth-order valence-electron chi connectivity index (χ4n) is 1.65. The van der Waals surface area contributed by atoms with Crippen LogP contribution in [0.15, 0.2) is 18.2 Å². The second-order valence-electron chi connectivity index (χ2n) is 3.72. The van der Waals surface area contributed by atoms with E-state index < -0.39 is 0 Å². The lowest BCUT2D eigenvalue weighted by molar-refractivity contribution is -0.133. The Morgan fingerprint density at radius 2 is 2.00 bits per heavy atom. The fraction of sp³-hybridized carbons (Fsp3) is 0.364. The molecule has 0 spiro atoms. The van der Waals surface area contributed by atoms with Crippen molar-refractivity contribution in [3.8, 4) is 0 Å². The van der Waals surface area contributed by atoms with Gasteiger partial charge in [0, 0.05) is 23.0 Å². The maximum Gasteiger partial charge on any atom is 0.246 e. The summed E-state index contributed by atoms with van der Waals surface area (Å²) < 4.78 is 5.38. The highest BCUT2D eigenvalue weighted by Crippen LogP contribution is 2.20. The molecule has 1 N–H and O–H groups in total. The number of morpholine rings is 1. The van der Waals surface area contributed by atoms with Gasteiger partial charge in [0.05, 0.1) is 6.10 Å². The van der Waals surface area contributed by atoms with Crippen LogP contribution in [0.1, 0.15) is 5.56 Å². The van der Waals surface area contributed by atoms with Gasteiger partial charge in [0.25, 0.3) is 0 Å². The average Bonchev–Trinajstić information content (AvgIpc) is 2.20. The molecule has 1 saturated heterocycles. The van der Waals surface area contributed by atoms with Gasteiger partial charge in [-0.1, -0.05) is 23.2 Å². The van der Waals surface area contributed by atoms with Crippen LogP contribution in [0.5, 0.6) is 0 Å². The van der Waals surface area contributed by atoms with Gasteiger partial charge in [-0.15, -0.1) is 0 Å². The average molecular weight is 260 g/mol. The van der Waals surface area contributed by atoms with Crippen LogP contribution in [0.25, 0.3) is 0 Å². The highest BCUT2D eigenvalue weighted by molar-refractivity contribution is 6.34. The van der Waals surface area contributed by atoms with Crippen molar-refractivity contribution in [3.05, 3.63) is 33.8 Å². The lowest BCUT2D eigenvalue weighted by atomic mass is 10.1. The molecule has 1 aliphatic heterocycles. The highest BCUT2D eigenvalue weighted by Gasteiger charge is 2.18. The Hall–Kier alpha value is -0.770. The Balaban J connectivity index is 2.00. The van der Waals surface area contributed by atoms with Gasteiger partial charge in [-0.3, -0.25) is 4.79 Å². The van der Waals surface area contributed by atoms with Crippen molar-refractivity contribution in [2.45, 2.75) is 12.5 Å². The number of nitrogens with one attached hydrogen (secondary N) is 1. The third-order valence-corrected chi connectivity index (χ3v) is 2.80. The number of hydrogen-bond acceptors (Lipinski definition) is 2. The lowest BCUT2D eigenvalue weighted by Crippen LogP contribution is -2.43. The smallest absolute Gasteiger partial charge is 0.246 e. The summed E-state index contributed by atoms with van der Waals surface area (Å²) >= 11 is 11.8. The predicted octanol–water partition coefficient (Wildman–Crippen LogP) is 2.05. The van der Waals surface area contributed by atoms with E-state index >= 15 is 0 Å². The summed E-state index contributed by atoms with van der Waals surface area (Å²) in [4.78, 5) is 10.9. The van der Waals surface area contributed by atoms with E-state index in [1.165, 1.54) is 0 Å². The number of benzene rings is 1. The standard InChI is InChI=1S/C11H11Cl2NO2/c12-8-1-7(2-9(13)4-8)3-10-5-14-11(15)6-16-10/h1-2,4,10H,3,5-6H2,(H,14,15). The minimum absolute atomic E-state index is 0.00719. The van der Waals surface area contributed by atoms with Gasteiger partial charge in [-0.05, 0) is 23.8 Å². The molecule has 3 nitrogen and oxygen atoms in total. The summed E-state index contributed by atoms with van der Waals surface area (Å²) in [6.45, 7) is 0.655. The minimum atomic E-state index is -0.0691. The Labute approximate surface area is 104 Å². The molecule has 1 heterocycles. The molecule has 86 valence electrons. The molecule has 1 fully saturated rings. The van der Waals surface area contributed by atoms with Crippen LogP contribution >= 0.6 is 23.2 Å². The van der Waals surface area contributed by atoms with E-state index in [1.807, 2.05) is 12.1 Å². The fourth-order valence-corrected chi connectivity index (χ4v) is 2.23. The van der Waals surface area contributed by atoms with E-state index in [0.717, 1.165) is 5.56 Å². The van der Waals surface area contributed by atoms with Crippen molar-refractivity contribution in [1.82, 2.24) is 5.32 Å². The molecular weight excluding hydrogens is 249 g/mol. The first kappa shape index (κ1) is 11.7. The van der Waals surface area contributed by atoms with Crippen LogP contribution in [-0.2, 0) is 16.0 Å². The first-order chi connectivity index (χ1) is 7.63. The molecule has 2 rings (SSSR count). The molecule has 1 aromatic rings. The molecule has 0 saturated carbocycles. The third kappa shape index (κ3) is 3.11. The van der Waals surface area contributed by atoms with Crippen LogP contribution < -0.4 is 5.32 Å². The molecule has 0 aromatic heterocycles. The summed E-state index contributed by atoms with van der Waals surface area (Å²) in [5, 5.41) is 3.98. The van der Waals surface area contributed by atoms with E-state index in [-0.39, 0.29) is 18.6 Å². The molecule has 1 atom stereocenters. The Morgan fingerprint density at radius 1 is 1.31 bits per heavy atom. The zero-order valence-electron chi connectivity index (χ0n) is 8.50. The van der Waals surface area contributed by atoms with Crippen LogP contribution in [0.4, 0.5) is 0 Å². The Bertz CT molecular complexity index is 379. The number of halogens is 2. The van der Waals surface area contributed by atoms with Crippen molar-refractivity contribution in [2.75, 3.05) is 13.2 Å². The van der Waals surface area contributed by atoms with Crippen LogP contribution in [0.3, 0.4) is 0 Å². The van der Waals surface area contributed by atoms with E-state index in [2.05, 4.69) is 5.32 Å². The Morgan fingerprint density at radius 3 is 2.56 bits per heavy atom. The Kier molecular flexibility index (Phi) is 3.69. The van der Waals surface area contributed by atoms with Crippen molar-refractivity contribution >= 4 is 29.1 Å². The van der Waals surface area contributed by atoms with Crippen LogP contribution in [-0.4, -0.2) is 25.2 Å².